The van der Waals surface area contributed by atoms with Gasteiger partial charge in [-0.2, -0.15) is 0 Å². The number of guanidine groups is 1. The van der Waals surface area contributed by atoms with E-state index < -0.39 is 0 Å². The lowest BCUT2D eigenvalue weighted by molar-refractivity contribution is 0.201. The summed E-state index contributed by atoms with van der Waals surface area (Å²) in [7, 11) is 0. The summed E-state index contributed by atoms with van der Waals surface area (Å²) in [5, 5.41) is 3.14. The van der Waals surface area contributed by atoms with Gasteiger partial charge in [-0.1, -0.05) is 0 Å². The molecule has 1 aromatic heterocycles. The summed E-state index contributed by atoms with van der Waals surface area (Å²) in [6.07, 6.45) is 6.86. The van der Waals surface area contributed by atoms with Crippen molar-refractivity contribution in [1.29, 1.82) is 0 Å². The predicted molar refractivity (Wildman–Crippen MR) is 101 cm³/mol. The molecular weight excluding hydrogens is 391 g/mol. The van der Waals surface area contributed by atoms with Crippen molar-refractivity contribution in [2.75, 3.05) is 0 Å². The highest BCUT2D eigenvalue weighted by Crippen LogP contribution is 2.23. The first-order chi connectivity index (χ1) is 9.92. The van der Waals surface area contributed by atoms with E-state index in [1.807, 2.05) is 12.1 Å². The van der Waals surface area contributed by atoms with E-state index in [1.54, 1.807) is 6.20 Å². The van der Waals surface area contributed by atoms with Crippen LogP contribution in [0.3, 0.4) is 0 Å². The Morgan fingerprint density at radius 1 is 1.41 bits per heavy atom. The molecule has 0 aliphatic heterocycles. The zero-order valence-electron chi connectivity index (χ0n) is 13.6. The summed E-state index contributed by atoms with van der Waals surface area (Å²) in [5.74, 6) is 1.15. The van der Waals surface area contributed by atoms with Gasteiger partial charge in [0.05, 0.1) is 6.54 Å². The van der Waals surface area contributed by atoms with E-state index in [1.165, 1.54) is 12.8 Å². The van der Waals surface area contributed by atoms with E-state index in [2.05, 4.69) is 36.1 Å². The standard InChI is InChI=1S/C16H26N4O.HI/c1-16(2,3)20-15(17)19-11-12-8-9-18-14(10-12)21-13-6-4-5-7-13;/h8-10,13H,4-7,11H2,1-3H3,(H3,17,19,20);1H. The average Bonchev–Trinajstić information content (AvgIpc) is 2.88. The second kappa shape index (κ2) is 8.55. The molecule has 1 aliphatic carbocycles. The topological polar surface area (TPSA) is 72.5 Å². The lowest BCUT2D eigenvalue weighted by Gasteiger charge is -2.21. The fourth-order valence-corrected chi connectivity index (χ4v) is 2.39. The van der Waals surface area contributed by atoms with E-state index in [0.717, 1.165) is 18.4 Å². The van der Waals surface area contributed by atoms with Crippen molar-refractivity contribution >= 4 is 29.9 Å². The van der Waals surface area contributed by atoms with Crippen molar-refractivity contribution in [2.24, 2.45) is 10.7 Å². The van der Waals surface area contributed by atoms with E-state index in [9.17, 15) is 0 Å². The summed E-state index contributed by atoms with van der Waals surface area (Å²) >= 11 is 0. The van der Waals surface area contributed by atoms with Crippen LogP contribution >= 0.6 is 24.0 Å². The molecule has 0 unspecified atom stereocenters. The van der Waals surface area contributed by atoms with Crippen LogP contribution in [0.15, 0.2) is 23.3 Å². The molecule has 1 saturated carbocycles. The Bertz CT molecular complexity index is 493. The normalized spacial score (nSPS) is 16.2. The van der Waals surface area contributed by atoms with Crippen molar-refractivity contribution < 1.29 is 4.74 Å². The summed E-state index contributed by atoms with van der Waals surface area (Å²) in [6, 6.07) is 3.89. The molecule has 0 atom stereocenters. The maximum Gasteiger partial charge on any atom is 0.213 e. The minimum atomic E-state index is -0.0808. The first-order valence-corrected chi connectivity index (χ1v) is 7.62. The Labute approximate surface area is 150 Å². The largest absolute Gasteiger partial charge is 0.474 e. The van der Waals surface area contributed by atoms with Gasteiger partial charge >= 0.3 is 0 Å². The molecule has 1 aromatic rings. The maximum atomic E-state index is 5.90. The number of aliphatic imine (C=N–C) groups is 1. The smallest absolute Gasteiger partial charge is 0.213 e. The SMILES string of the molecule is CC(C)(C)NC(N)=NCc1ccnc(OC2CCCC2)c1.I. The number of nitrogens with zero attached hydrogens (tertiary/aromatic N) is 2. The van der Waals surface area contributed by atoms with Crippen molar-refractivity contribution in [1.82, 2.24) is 10.3 Å². The number of nitrogens with two attached hydrogens (primary N) is 1. The number of pyridine rings is 1. The molecule has 1 heterocycles. The summed E-state index contributed by atoms with van der Waals surface area (Å²) in [4.78, 5) is 8.62. The Hall–Kier alpha value is -1.05. The number of aromatic nitrogens is 1. The molecule has 6 heteroatoms. The van der Waals surface area contributed by atoms with E-state index in [0.29, 0.717) is 24.5 Å². The Morgan fingerprint density at radius 2 is 2.09 bits per heavy atom. The highest BCUT2D eigenvalue weighted by Gasteiger charge is 2.17. The third-order valence-corrected chi connectivity index (χ3v) is 3.32. The van der Waals surface area contributed by atoms with Gasteiger partial charge < -0.3 is 15.8 Å². The Morgan fingerprint density at radius 3 is 2.73 bits per heavy atom. The van der Waals surface area contributed by atoms with Crippen LogP contribution in [0.5, 0.6) is 5.88 Å². The maximum absolute atomic E-state index is 5.90. The van der Waals surface area contributed by atoms with Crippen LogP contribution in [-0.2, 0) is 6.54 Å². The summed E-state index contributed by atoms with van der Waals surface area (Å²) in [6.45, 7) is 6.68. The molecular formula is C16H27IN4O. The second-order valence-corrected chi connectivity index (χ2v) is 6.60. The minimum absolute atomic E-state index is 0. The van der Waals surface area contributed by atoms with E-state index >= 15 is 0 Å². The fraction of sp³-hybridized carbons (Fsp3) is 0.625. The average molecular weight is 418 g/mol. The molecule has 0 radical (unpaired) electrons. The van der Waals surface area contributed by atoms with Crippen LogP contribution < -0.4 is 15.8 Å². The van der Waals surface area contributed by atoms with Gasteiger partial charge in [-0.3, -0.25) is 0 Å². The number of ether oxygens (including phenoxy) is 1. The highest BCUT2D eigenvalue weighted by atomic mass is 127. The number of hydrogen-bond acceptors (Lipinski definition) is 3. The van der Waals surface area contributed by atoms with Gasteiger partial charge in [0.25, 0.3) is 0 Å². The molecule has 0 aromatic carbocycles. The molecule has 22 heavy (non-hydrogen) atoms. The molecule has 0 spiro atoms. The van der Waals surface area contributed by atoms with Crippen molar-refractivity contribution in [2.45, 2.75) is 64.6 Å². The molecule has 2 rings (SSSR count). The third-order valence-electron chi connectivity index (χ3n) is 3.32. The first-order valence-electron chi connectivity index (χ1n) is 7.62. The zero-order valence-corrected chi connectivity index (χ0v) is 16.0. The van der Waals surface area contributed by atoms with Gasteiger partial charge in [0, 0.05) is 17.8 Å². The van der Waals surface area contributed by atoms with Crippen molar-refractivity contribution in [3.05, 3.63) is 23.9 Å². The van der Waals surface area contributed by atoms with Gasteiger partial charge in [0.1, 0.15) is 6.10 Å². The lowest BCUT2D eigenvalue weighted by atomic mass is 10.1. The zero-order chi connectivity index (χ0) is 15.3. The molecule has 0 saturated heterocycles. The molecule has 124 valence electrons. The van der Waals surface area contributed by atoms with Crippen LogP contribution in [0.25, 0.3) is 0 Å². The monoisotopic (exact) mass is 418 g/mol. The molecule has 5 nitrogen and oxygen atoms in total. The number of rotatable bonds is 4. The molecule has 0 bridgehead atoms. The van der Waals surface area contributed by atoms with Gasteiger partial charge in [-0.05, 0) is 58.1 Å². The minimum Gasteiger partial charge on any atom is -0.474 e. The molecule has 0 amide bonds. The number of hydrogen-bond donors (Lipinski definition) is 2. The third kappa shape index (κ3) is 6.81. The van der Waals surface area contributed by atoms with Gasteiger partial charge in [-0.15, -0.1) is 24.0 Å². The summed E-state index contributed by atoms with van der Waals surface area (Å²) in [5.41, 5.74) is 6.84. The van der Waals surface area contributed by atoms with Crippen molar-refractivity contribution in [3.8, 4) is 5.88 Å². The fourth-order valence-electron chi connectivity index (χ4n) is 2.39. The van der Waals surface area contributed by atoms with Crippen LogP contribution in [0, 0.1) is 0 Å². The van der Waals surface area contributed by atoms with E-state index in [-0.39, 0.29) is 29.5 Å². The van der Waals surface area contributed by atoms with Gasteiger partial charge in [0.15, 0.2) is 5.96 Å². The predicted octanol–water partition coefficient (Wildman–Crippen LogP) is 3.22. The molecule has 1 aliphatic rings. The number of halogens is 1. The van der Waals surface area contributed by atoms with Gasteiger partial charge in [0.2, 0.25) is 5.88 Å². The number of nitrogens with one attached hydrogen (secondary N) is 1. The van der Waals surface area contributed by atoms with Crippen LogP contribution in [0.2, 0.25) is 0 Å². The summed E-state index contributed by atoms with van der Waals surface area (Å²) < 4.78 is 5.90. The van der Waals surface area contributed by atoms with Crippen molar-refractivity contribution in [3.63, 3.8) is 0 Å². The molecule has 1 fully saturated rings. The van der Waals surface area contributed by atoms with Crippen LogP contribution in [-0.4, -0.2) is 22.6 Å². The van der Waals surface area contributed by atoms with Crippen LogP contribution in [0.4, 0.5) is 0 Å². The van der Waals surface area contributed by atoms with Gasteiger partial charge in [-0.25, -0.2) is 9.98 Å². The second-order valence-electron chi connectivity index (χ2n) is 6.60. The highest BCUT2D eigenvalue weighted by molar-refractivity contribution is 14.0. The Kier molecular flexibility index (Phi) is 7.38. The van der Waals surface area contributed by atoms with Crippen LogP contribution in [0.1, 0.15) is 52.0 Å². The lowest BCUT2D eigenvalue weighted by Crippen LogP contribution is -2.44. The van der Waals surface area contributed by atoms with E-state index in [4.69, 9.17) is 10.5 Å². The Balaban J connectivity index is 0.00000242. The molecule has 3 N–H and O–H groups in total. The first kappa shape index (κ1) is 19.0. The quantitative estimate of drug-likeness (QED) is 0.448.